The Bertz CT molecular complexity index is 684. The van der Waals surface area contributed by atoms with Crippen LogP contribution in [0.3, 0.4) is 0 Å². The lowest BCUT2D eigenvalue weighted by Crippen LogP contribution is -2.47. The quantitative estimate of drug-likeness (QED) is 0.594. The van der Waals surface area contributed by atoms with Crippen LogP contribution in [-0.4, -0.2) is 58.0 Å². The van der Waals surface area contributed by atoms with E-state index < -0.39 is 4.92 Å². The first-order valence-electron chi connectivity index (χ1n) is 7.59. The van der Waals surface area contributed by atoms with Crippen LogP contribution < -0.4 is 10.7 Å². The van der Waals surface area contributed by atoms with Gasteiger partial charge in [0.05, 0.1) is 17.7 Å². The Labute approximate surface area is 138 Å². The second-order valence-electron chi connectivity index (χ2n) is 5.51. The van der Waals surface area contributed by atoms with Crippen LogP contribution in [0, 0.1) is 10.1 Å². The molecule has 1 aliphatic heterocycles. The summed E-state index contributed by atoms with van der Waals surface area (Å²) >= 11 is 0. The zero-order chi connectivity index (χ0) is 16.9. The van der Waals surface area contributed by atoms with Crippen LogP contribution in [0.4, 0.5) is 17.3 Å². The van der Waals surface area contributed by atoms with Gasteiger partial charge < -0.3 is 14.6 Å². The third-order valence-electron chi connectivity index (χ3n) is 3.78. The third-order valence-corrected chi connectivity index (χ3v) is 3.78. The minimum Gasteiger partial charge on any atom is -0.467 e. The maximum absolute atomic E-state index is 11.5. The standard InChI is InChI=1S/C14H19N7O3/c1-19-4-6-20(7-5-19)18-14-12(21(22)23)13(16-10-17-14)15-9-11-3-2-8-24-11/h2-3,8,10H,4-7,9H2,1H3,(H2,15,16,17,18). The molecule has 2 N–H and O–H groups in total. The molecular formula is C14H19N7O3. The Morgan fingerprint density at radius 2 is 2.04 bits per heavy atom. The molecule has 1 fully saturated rings. The number of hydrazine groups is 1. The number of likely N-dealkylation sites (N-methyl/N-ethyl adjacent to an activating group) is 1. The van der Waals surface area contributed by atoms with Gasteiger partial charge in [0.25, 0.3) is 0 Å². The van der Waals surface area contributed by atoms with Crippen molar-refractivity contribution in [2.75, 3.05) is 44.0 Å². The Morgan fingerprint density at radius 1 is 1.29 bits per heavy atom. The fourth-order valence-electron chi connectivity index (χ4n) is 2.41. The van der Waals surface area contributed by atoms with E-state index in [1.165, 1.54) is 6.33 Å². The molecular weight excluding hydrogens is 314 g/mol. The summed E-state index contributed by atoms with van der Waals surface area (Å²) in [6.45, 7) is 3.59. The van der Waals surface area contributed by atoms with E-state index in [0.29, 0.717) is 12.3 Å². The summed E-state index contributed by atoms with van der Waals surface area (Å²) in [5.41, 5.74) is 2.86. The summed E-state index contributed by atoms with van der Waals surface area (Å²) < 4.78 is 5.21. The van der Waals surface area contributed by atoms with E-state index in [4.69, 9.17) is 4.42 Å². The molecule has 2 aromatic heterocycles. The number of rotatable bonds is 6. The normalized spacial score (nSPS) is 16.0. The molecule has 3 rings (SSSR count). The lowest BCUT2D eigenvalue weighted by molar-refractivity contribution is -0.383. The van der Waals surface area contributed by atoms with E-state index in [1.54, 1.807) is 18.4 Å². The molecule has 0 spiro atoms. The average molecular weight is 333 g/mol. The van der Waals surface area contributed by atoms with Gasteiger partial charge in [-0.1, -0.05) is 0 Å². The van der Waals surface area contributed by atoms with Crippen molar-refractivity contribution in [1.82, 2.24) is 19.9 Å². The highest BCUT2D eigenvalue weighted by Crippen LogP contribution is 2.29. The number of piperazine rings is 1. The third kappa shape index (κ3) is 3.78. The Kier molecular flexibility index (Phi) is 4.87. The number of hydrogen-bond donors (Lipinski definition) is 2. The number of hydrogen-bond acceptors (Lipinski definition) is 9. The molecule has 10 nitrogen and oxygen atoms in total. The van der Waals surface area contributed by atoms with Crippen molar-refractivity contribution >= 4 is 17.3 Å². The number of nitrogens with zero attached hydrogens (tertiary/aromatic N) is 5. The van der Waals surface area contributed by atoms with Crippen molar-refractivity contribution in [3.63, 3.8) is 0 Å². The van der Waals surface area contributed by atoms with Crippen molar-refractivity contribution < 1.29 is 9.34 Å². The maximum Gasteiger partial charge on any atom is 0.354 e. The van der Waals surface area contributed by atoms with Crippen LogP contribution in [0.5, 0.6) is 0 Å². The van der Waals surface area contributed by atoms with Crippen LogP contribution in [0.25, 0.3) is 0 Å². The van der Waals surface area contributed by atoms with Gasteiger partial charge in [-0.3, -0.25) is 15.5 Å². The largest absolute Gasteiger partial charge is 0.467 e. The predicted molar refractivity (Wildman–Crippen MR) is 87.4 cm³/mol. The molecule has 3 heterocycles. The number of aromatic nitrogens is 2. The summed E-state index contributed by atoms with van der Waals surface area (Å²) in [5.74, 6) is 1.00. The first-order chi connectivity index (χ1) is 11.6. The van der Waals surface area contributed by atoms with Gasteiger partial charge in [-0.15, -0.1) is 0 Å². The van der Waals surface area contributed by atoms with E-state index in [-0.39, 0.29) is 17.3 Å². The summed E-state index contributed by atoms with van der Waals surface area (Å²) in [4.78, 5) is 21.2. The smallest absolute Gasteiger partial charge is 0.354 e. The van der Waals surface area contributed by atoms with E-state index in [2.05, 4.69) is 25.6 Å². The van der Waals surface area contributed by atoms with Crippen LogP contribution in [0.15, 0.2) is 29.1 Å². The molecule has 0 radical (unpaired) electrons. The van der Waals surface area contributed by atoms with Gasteiger partial charge >= 0.3 is 5.69 Å². The number of nitrogens with one attached hydrogen (secondary N) is 2. The lowest BCUT2D eigenvalue weighted by atomic mass is 10.3. The van der Waals surface area contributed by atoms with Crippen molar-refractivity contribution in [1.29, 1.82) is 0 Å². The van der Waals surface area contributed by atoms with Gasteiger partial charge in [-0.2, -0.15) is 0 Å². The molecule has 0 bridgehead atoms. The summed E-state index contributed by atoms with van der Waals surface area (Å²) in [7, 11) is 2.04. The zero-order valence-corrected chi connectivity index (χ0v) is 13.3. The molecule has 2 aromatic rings. The van der Waals surface area contributed by atoms with Crippen LogP contribution in [0.1, 0.15) is 5.76 Å². The predicted octanol–water partition coefficient (Wildman–Crippen LogP) is 1.16. The number of nitro groups is 1. The fourth-order valence-corrected chi connectivity index (χ4v) is 2.41. The summed E-state index contributed by atoms with van der Waals surface area (Å²) in [5, 5.41) is 16.3. The molecule has 0 atom stereocenters. The Hall–Kier alpha value is -2.72. The topological polar surface area (TPSA) is 113 Å². The second kappa shape index (κ2) is 7.23. The molecule has 0 aliphatic carbocycles. The van der Waals surface area contributed by atoms with Crippen LogP contribution >= 0.6 is 0 Å². The molecule has 24 heavy (non-hydrogen) atoms. The van der Waals surface area contributed by atoms with Crippen molar-refractivity contribution in [2.45, 2.75) is 6.54 Å². The number of anilines is 2. The van der Waals surface area contributed by atoms with Crippen molar-refractivity contribution in [3.05, 3.63) is 40.6 Å². The molecule has 0 saturated carbocycles. The summed E-state index contributed by atoms with van der Waals surface area (Å²) in [6, 6.07) is 3.54. The van der Waals surface area contributed by atoms with E-state index in [0.717, 1.165) is 26.2 Å². The SMILES string of the molecule is CN1CCN(Nc2ncnc(NCc3ccco3)c2[N+](=O)[O-])CC1. The molecule has 10 heteroatoms. The van der Waals surface area contributed by atoms with Crippen LogP contribution in [-0.2, 0) is 6.54 Å². The van der Waals surface area contributed by atoms with Gasteiger partial charge in [0.1, 0.15) is 12.1 Å². The van der Waals surface area contributed by atoms with Crippen molar-refractivity contribution in [3.8, 4) is 0 Å². The highest BCUT2D eigenvalue weighted by Gasteiger charge is 2.25. The van der Waals surface area contributed by atoms with Gasteiger partial charge in [0.15, 0.2) is 0 Å². The lowest BCUT2D eigenvalue weighted by Gasteiger charge is -2.32. The van der Waals surface area contributed by atoms with Crippen LogP contribution in [0.2, 0.25) is 0 Å². The molecule has 0 amide bonds. The van der Waals surface area contributed by atoms with Gasteiger partial charge in [0, 0.05) is 26.2 Å². The van der Waals surface area contributed by atoms with E-state index in [9.17, 15) is 10.1 Å². The Balaban J connectivity index is 1.75. The van der Waals surface area contributed by atoms with E-state index in [1.807, 2.05) is 12.1 Å². The summed E-state index contributed by atoms with van der Waals surface area (Å²) in [6.07, 6.45) is 2.85. The molecule has 1 saturated heterocycles. The number of furan rings is 1. The molecule has 128 valence electrons. The minimum absolute atomic E-state index is 0.156. The zero-order valence-electron chi connectivity index (χ0n) is 13.3. The average Bonchev–Trinajstić information content (AvgIpc) is 3.08. The van der Waals surface area contributed by atoms with Gasteiger partial charge in [0.2, 0.25) is 11.6 Å². The fraction of sp³-hybridized carbons (Fsp3) is 0.429. The maximum atomic E-state index is 11.5. The van der Waals surface area contributed by atoms with Gasteiger partial charge in [-0.25, -0.2) is 15.0 Å². The van der Waals surface area contributed by atoms with E-state index >= 15 is 0 Å². The Morgan fingerprint density at radius 3 is 2.71 bits per heavy atom. The highest BCUT2D eigenvalue weighted by atomic mass is 16.6. The molecule has 0 unspecified atom stereocenters. The molecule has 1 aliphatic rings. The van der Waals surface area contributed by atoms with Gasteiger partial charge in [-0.05, 0) is 19.2 Å². The monoisotopic (exact) mass is 333 g/mol. The second-order valence-corrected chi connectivity index (χ2v) is 5.51. The first kappa shape index (κ1) is 16.1. The molecule has 0 aromatic carbocycles. The highest BCUT2D eigenvalue weighted by molar-refractivity contribution is 5.68. The minimum atomic E-state index is -0.483. The first-order valence-corrected chi connectivity index (χ1v) is 7.59. The van der Waals surface area contributed by atoms with Crippen molar-refractivity contribution in [2.24, 2.45) is 0 Å².